The second kappa shape index (κ2) is 5.26. The lowest BCUT2D eigenvalue weighted by Gasteiger charge is -2.43. The molecule has 1 aromatic rings. The molecule has 0 spiro atoms. The van der Waals surface area contributed by atoms with E-state index in [0.717, 1.165) is 18.4 Å². The van der Waals surface area contributed by atoms with Crippen molar-refractivity contribution in [3.8, 4) is 5.75 Å². The maximum atomic E-state index is 14.2. The van der Waals surface area contributed by atoms with E-state index in [9.17, 15) is 39.9 Å². The number of hydrogen-bond acceptors (Lipinski definition) is 4. The maximum Gasteiger partial charge on any atom is 0.346 e. The third-order valence-electron chi connectivity index (χ3n) is 4.36. The molecule has 1 aromatic carbocycles. The van der Waals surface area contributed by atoms with Crippen LogP contribution >= 0.6 is 0 Å². The minimum Gasteiger partial charge on any atom is -0.483 e. The van der Waals surface area contributed by atoms with Crippen molar-refractivity contribution in [2.75, 3.05) is 6.26 Å². The van der Waals surface area contributed by atoms with Gasteiger partial charge < -0.3 is 9.84 Å². The van der Waals surface area contributed by atoms with Gasteiger partial charge in [-0.1, -0.05) is 0 Å². The highest BCUT2D eigenvalue weighted by atomic mass is 32.2. The Bertz CT molecular complexity index is 825. The molecule has 2 aliphatic carbocycles. The number of benzene rings is 1. The normalized spacial score (nSPS) is 32.8. The number of rotatable bonds is 3. The molecule has 1 N–H and O–H groups in total. The SMILES string of the molecule is CS(=O)(=O)c1ccc(OC2CC(F)(F)C2(F)F)c2c1[C@H](O)[C@H](F)[C@@H]2F. The van der Waals surface area contributed by atoms with Gasteiger partial charge in [-0.2, -0.15) is 17.6 Å². The zero-order valence-corrected chi connectivity index (χ0v) is 13.3. The quantitative estimate of drug-likeness (QED) is 0.807. The van der Waals surface area contributed by atoms with E-state index in [1.54, 1.807) is 0 Å². The zero-order valence-electron chi connectivity index (χ0n) is 12.5. The van der Waals surface area contributed by atoms with E-state index >= 15 is 0 Å². The standard InChI is InChI=1S/C14H12F6O4S/c1-25(22,23)6-3-2-5(8-9(6)12(21)11(16)10(8)15)24-7-4-13(17,18)14(7,19)20/h2-3,7,10-12,21H,4H2,1H3/t7?,10-,11-,12+/m1/s1. The number of ether oxygens (including phenoxy) is 1. The largest absolute Gasteiger partial charge is 0.483 e. The number of hydrogen-bond donors (Lipinski definition) is 1. The number of halogens is 6. The number of fused-ring (bicyclic) bond motifs is 1. The number of alkyl halides is 6. The van der Waals surface area contributed by atoms with Crippen LogP contribution in [0.15, 0.2) is 17.0 Å². The highest BCUT2D eigenvalue weighted by Crippen LogP contribution is 2.55. The Morgan fingerprint density at radius 2 is 1.76 bits per heavy atom. The summed E-state index contributed by atoms with van der Waals surface area (Å²) in [6.45, 7) is 0. The first-order chi connectivity index (χ1) is 11.3. The molecule has 25 heavy (non-hydrogen) atoms. The fraction of sp³-hybridized carbons (Fsp3) is 0.571. The van der Waals surface area contributed by atoms with Crippen molar-refractivity contribution < 1.29 is 44.6 Å². The topological polar surface area (TPSA) is 63.6 Å². The molecule has 0 aliphatic heterocycles. The zero-order chi connectivity index (χ0) is 18.9. The molecule has 4 nitrogen and oxygen atoms in total. The molecular weight excluding hydrogens is 378 g/mol. The first kappa shape index (κ1) is 18.3. The lowest BCUT2D eigenvalue weighted by molar-refractivity contribution is -0.324. The summed E-state index contributed by atoms with van der Waals surface area (Å²) in [5.74, 6) is -9.49. The average molecular weight is 390 g/mol. The average Bonchev–Trinajstić information content (AvgIpc) is 2.71. The summed E-state index contributed by atoms with van der Waals surface area (Å²) in [5.41, 5.74) is -1.40. The Morgan fingerprint density at radius 1 is 1.16 bits per heavy atom. The predicted molar refractivity (Wildman–Crippen MR) is 72.2 cm³/mol. The Morgan fingerprint density at radius 3 is 2.24 bits per heavy atom. The molecule has 0 bridgehead atoms. The molecule has 3 rings (SSSR count). The summed E-state index contributed by atoms with van der Waals surface area (Å²) in [6.07, 6.45) is -10.1. The van der Waals surface area contributed by atoms with Gasteiger partial charge in [0.1, 0.15) is 11.9 Å². The fourth-order valence-corrected chi connectivity index (χ4v) is 3.91. The van der Waals surface area contributed by atoms with E-state index in [0.29, 0.717) is 0 Å². The van der Waals surface area contributed by atoms with Crippen LogP contribution in [0.1, 0.15) is 29.8 Å². The van der Waals surface area contributed by atoms with Gasteiger partial charge in [-0.05, 0) is 12.1 Å². The first-order valence-electron chi connectivity index (χ1n) is 7.04. The van der Waals surface area contributed by atoms with E-state index in [4.69, 9.17) is 4.74 Å². The second-order valence-corrected chi connectivity index (χ2v) is 8.07. The lowest BCUT2D eigenvalue weighted by Crippen LogP contribution is -2.64. The van der Waals surface area contributed by atoms with Crippen LogP contribution in [-0.4, -0.2) is 43.9 Å². The van der Waals surface area contributed by atoms with Crippen molar-refractivity contribution >= 4 is 9.84 Å². The summed E-state index contributed by atoms with van der Waals surface area (Å²) < 4.78 is 109. The van der Waals surface area contributed by atoms with Crippen molar-refractivity contribution in [3.63, 3.8) is 0 Å². The van der Waals surface area contributed by atoms with E-state index in [1.165, 1.54) is 0 Å². The van der Waals surface area contributed by atoms with Gasteiger partial charge in [0, 0.05) is 17.4 Å². The first-order valence-corrected chi connectivity index (χ1v) is 8.93. The number of aliphatic hydroxyl groups is 1. The molecule has 1 saturated carbocycles. The second-order valence-electron chi connectivity index (χ2n) is 6.09. The summed E-state index contributed by atoms with van der Waals surface area (Å²) in [5, 5.41) is 9.78. The van der Waals surface area contributed by atoms with E-state index in [-0.39, 0.29) is 0 Å². The summed E-state index contributed by atoms with van der Waals surface area (Å²) in [4.78, 5) is -0.587. The van der Waals surface area contributed by atoms with Crippen LogP contribution in [0, 0.1) is 0 Å². The molecule has 140 valence electrons. The third-order valence-corrected chi connectivity index (χ3v) is 5.52. The highest BCUT2D eigenvalue weighted by molar-refractivity contribution is 7.90. The number of sulfone groups is 1. The molecule has 0 aromatic heterocycles. The monoisotopic (exact) mass is 390 g/mol. The van der Waals surface area contributed by atoms with Gasteiger partial charge in [0.15, 0.2) is 28.3 Å². The van der Waals surface area contributed by atoms with Crippen molar-refractivity contribution in [2.45, 2.75) is 47.7 Å². The molecule has 1 unspecified atom stereocenters. The van der Waals surface area contributed by atoms with Gasteiger partial charge in [-0.15, -0.1) is 0 Å². The van der Waals surface area contributed by atoms with E-state index in [2.05, 4.69) is 0 Å². The van der Waals surface area contributed by atoms with Crippen LogP contribution in [-0.2, 0) is 9.84 Å². The fourth-order valence-electron chi connectivity index (χ4n) is 2.96. The summed E-state index contributed by atoms with van der Waals surface area (Å²) >= 11 is 0. The molecule has 0 radical (unpaired) electrons. The van der Waals surface area contributed by atoms with Gasteiger partial charge in [0.05, 0.1) is 11.3 Å². The van der Waals surface area contributed by atoms with Crippen molar-refractivity contribution in [1.29, 1.82) is 0 Å². The molecule has 4 atom stereocenters. The minimum absolute atomic E-state index is 0.587. The summed E-state index contributed by atoms with van der Waals surface area (Å²) in [7, 11) is -4.00. The Kier molecular flexibility index (Phi) is 3.85. The van der Waals surface area contributed by atoms with Crippen LogP contribution in [0.25, 0.3) is 0 Å². The highest BCUT2D eigenvalue weighted by Gasteiger charge is 2.73. The molecule has 1 fully saturated rings. The van der Waals surface area contributed by atoms with Crippen LogP contribution in [0.4, 0.5) is 26.3 Å². The molecule has 2 aliphatic rings. The van der Waals surface area contributed by atoms with Gasteiger partial charge >= 0.3 is 11.8 Å². The third kappa shape index (κ3) is 2.50. The van der Waals surface area contributed by atoms with Crippen molar-refractivity contribution in [1.82, 2.24) is 0 Å². The Hall–Kier alpha value is -1.49. The smallest absolute Gasteiger partial charge is 0.346 e. The van der Waals surface area contributed by atoms with Crippen molar-refractivity contribution in [3.05, 3.63) is 23.3 Å². The van der Waals surface area contributed by atoms with E-state index < -0.39 is 74.4 Å². The predicted octanol–water partition coefficient (Wildman–Crippen LogP) is 2.91. The summed E-state index contributed by atoms with van der Waals surface area (Å²) in [6, 6.07) is 1.62. The maximum absolute atomic E-state index is 14.2. The molecule has 0 saturated heterocycles. The van der Waals surface area contributed by atoms with Crippen LogP contribution < -0.4 is 4.74 Å². The van der Waals surface area contributed by atoms with Crippen LogP contribution in [0.2, 0.25) is 0 Å². The Labute approximate surface area is 138 Å². The van der Waals surface area contributed by atoms with Gasteiger partial charge in [-0.3, -0.25) is 0 Å². The molecular formula is C14H12F6O4S. The number of aliphatic hydroxyl groups excluding tert-OH is 1. The molecule has 11 heteroatoms. The van der Waals surface area contributed by atoms with Gasteiger partial charge in [0.2, 0.25) is 0 Å². The van der Waals surface area contributed by atoms with Gasteiger partial charge in [-0.25, -0.2) is 17.2 Å². The molecule has 0 amide bonds. The van der Waals surface area contributed by atoms with E-state index in [1.807, 2.05) is 0 Å². The van der Waals surface area contributed by atoms with Crippen molar-refractivity contribution in [2.24, 2.45) is 0 Å². The van der Waals surface area contributed by atoms with Crippen LogP contribution in [0.3, 0.4) is 0 Å². The molecule has 0 heterocycles. The van der Waals surface area contributed by atoms with Crippen LogP contribution in [0.5, 0.6) is 5.75 Å². The minimum atomic E-state index is -4.51. The Balaban J connectivity index is 2.07. The lowest BCUT2D eigenvalue weighted by atomic mass is 9.85. The van der Waals surface area contributed by atoms with Gasteiger partial charge in [0.25, 0.3) is 0 Å².